The summed E-state index contributed by atoms with van der Waals surface area (Å²) < 4.78 is 53.0. The van der Waals surface area contributed by atoms with Crippen LogP contribution in [0.3, 0.4) is 0 Å². The largest absolute Gasteiger partial charge is 0.397 e. The first-order valence-corrected chi connectivity index (χ1v) is 6.19. The number of ether oxygens (including phenoxy) is 1. The van der Waals surface area contributed by atoms with Gasteiger partial charge in [0, 0.05) is 5.69 Å². The van der Waals surface area contributed by atoms with Crippen molar-refractivity contribution in [2.45, 2.75) is 18.8 Å². The lowest BCUT2D eigenvalue weighted by molar-refractivity contribution is -0.166. The standard InChI is InChI=1S/C12H13ClF4N2O2/c13-8-2-1-7(5-9(8)18)19-10(20)3-4-21-6-12(16,17)11(14)15/h1-2,5,11H,3-4,6,18H2,(H,19,20). The molecule has 0 bridgehead atoms. The van der Waals surface area contributed by atoms with Crippen LogP contribution in [0.2, 0.25) is 5.02 Å². The second-order valence-electron chi connectivity index (χ2n) is 4.15. The maximum atomic E-state index is 12.5. The van der Waals surface area contributed by atoms with Gasteiger partial charge in [0.1, 0.15) is 6.61 Å². The van der Waals surface area contributed by atoms with E-state index < -0.39 is 31.5 Å². The van der Waals surface area contributed by atoms with E-state index in [-0.39, 0.29) is 12.1 Å². The zero-order valence-electron chi connectivity index (χ0n) is 10.7. The van der Waals surface area contributed by atoms with Crippen molar-refractivity contribution in [2.75, 3.05) is 24.3 Å². The lowest BCUT2D eigenvalue weighted by Crippen LogP contribution is -2.32. The first-order chi connectivity index (χ1) is 9.72. The molecule has 1 rings (SSSR count). The van der Waals surface area contributed by atoms with Crippen LogP contribution in [0.1, 0.15) is 6.42 Å². The number of benzene rings is 1. The monoisotopic (exact) mass is 328 g/mol. The smallest absolute Gasteiger partial charge is 0.330 e. The van der Waals surface area contributed by atoms with Gasteiger partial charge in [-0.2, -0.15) is 8.78 Å². The maximum absolute atomic E-state index is 12.5. The maximum Gasteiger partial charge on any atom is 0.330 e. The van der Waals surface area contributed by atoms with E-state index in [1.54, 1.807) is 0 Å². The number of carbonyl (C=O) groups excluding carboxylic acids is 1. The zero-order valence-corrected chi connectivity index (χ0v) is 11.5. The van der Waals surface area contributed by atoms with E-state index in [0.29, 0.717) is 10.7 Å². The Kier molecular flexibility index (Phi) is 6.22. The predicted octanol–water partition coefficient (Wildman–Crippen LogP) is 3.17. The highest BCUT2D eigenvalue weighted by molar-refractivity contribution is 6.33. The minimum atomic E-state index is -4.22. The predicted molar refractivity (Wildman–Crippen MR) is 70.9 cm³/mol. The number of rotatable bonds is 7. The van der Waals surface area contributed by atoms with Crippen molar-refractivity contribution >= 4 is 28.9 Å². The van der Waals surface area contributed by atoms with E-state index in [2.05, 4.69) is 10.1 Å². The van der Waals surface area contributed by atoms with Crippen molar-refractivity contribution in [1.29, 1.82) is 0 Å². The lowest BCUT2D eigenvalue weighted by Gasteiger charge is -2.15. The van der Waals surface area contributed by atoms with Gasteiger partial charge in [-0.15, -0.1) is 0 Å². The molecule has 4 nitrogen and oxygen atoms in total. The lowest BCUT2D eigenvalue weighted by atomic mass is 10.2. The van der Waals surface area contributed by atoms with E-state index in [1.165, 1.54) is 18.2 Å². The summed E-state index contributed by atoms with van der Waals surface area (Å²) in [5.41, 5.74) is 6.17. The molecule has 0 aliphatic heterocycles. The summed E-state index contributed by atoms with van der Waals surface area (Å²) in [6.45, 7) is -1.84. The molecule has 3 N–H and O–H groups in total. The van der Waals surface area contributed by atoms with Crippen LogP contribution in [0, 0.1) is 0 Å². The minimum absolute atomic E-state index is 0.262. The first-order valence-electron chi connectivity index (χ1n) is 5.81. The third-order valence-corrected chi connectivity index (χ3v) is 2.71. The summed E-state index contributed by atoms with van der Waals surface area (Å²) in [5.74, 6) is -4.75. The number of anilines is 2. The molecule has 1 amide bonds. The van der Waals surface area contributed by atoms with Crippen LogP contribution in [-0.2, 0) is 9.53 Å². The second kappa shape index (κ2) is 7.46. The summed E-state index contributed by atoms with van der Waals surface area (Å²) >= 11 is 5.70. The van der Waals surface area contributed by atoms with E-state index in [1.807, 2.05) is 0 Å². The van der Waals surface area contributed by atoms with E-state index in [4.69, 9.17) is 17.3 Å². The number of halogens is 5. The molecule has 1 aromatic carbocycles. The van der Waals surface area contributed by atoms with Crippen LogP contribution in [0.25, 0.3) is 0 Å². The molecule has 0 aromatic heterocycles. The molecule has 0 heterocycles. The van der Waals surface area contributed by atoms with E-state index >= 15 is 0 Å². The van der Waals surface area contributed by atoms with Crippen molar-refractivity contribution in [1.82, 2.24) is 0 Å². The number of hydrogen-bond donors (Lipinski definition) is 2. The quantitative estimate of drug-likeness (QED) is 0.459. The second-order valence-corrected chi connectivity index (χ2v) is 4.56. The molecule has 0 radical (unpaired) electrons. The van der Waals surface area contributed by atoms with Gasteiger partial charge in [0.05, 0.1) is 23.7 Å². The molecule has 0 atom stereocenters. The van der Waals surface area contributed by atoms with Crippen LogP contribution >= 0.6 is 11.6 Å². The Hall–Kier alpha value is -1.54. The van der Waals surface area contributed by atoms with Gasteiger partial charge in [-0.25, -0.2) is 8.78 Å². The number of hydrogen-bond acceptors (Lipinski definition) is 3. The number of carbonyl (C=O) groups is 1. The van der Waals surface area contributed by atoms with Crippen molar-refractivity contribution in [3.63, 3.8) is 0 Å². The molecule has 0 saturated carbocycles. The molecule has 0 aliphatic carbocycles. The average Bonchev–Trinajstić information content (AvgIpc) is 2.39. The molecule has 9 heteroatoms. The third kappa shape index (κ3) is 5.76. The van der Waals surface area contributed by atoms with E-state index in [9.17, 15) is 22.4 Å². The van der Waals surface area contributed by atoms with Gasteiger partial charge in [-0.05, 0) is 18.2 Å². The van der Waals surface area contributed by atoms with Crippen molar-refractivity contribution in [3.05, 3.63) is 23.2 Å². The molecule has 0 aliphatic rings. The fourth-order valence-electron chi connectivity index (χ4n) is 1.28. The van der Waals surface area contributed by atoms with Gasteiger partial charge >= 0.3 is 12.3 Å². The van der Waals surface area contributed by atoms with Gasteiger partial charge in [0.25, 0.3) is 0 Å². The fourth-order valence-corrected chi connectivity index (χ4v) is 1.40. The molecule has 0 saturated heterocycles. The highest BCUT2D eigenvalue weighted by atomic mass is 35.5. The topological polar surface area (TPSA) is 64.3 Å². The first kappa shape index (κ1) is 17.5. The third-order valence-electron chi connectivity index (χ3n) is 2.37. The van der Waals surface area contributed by atoms with Crippen LogP contribution in [0.15, 0.2) is 18.2 Å². The van der Waals surface area contributed by atoms with Crippen molar-refractivity contribution in [3.8, 4) is 0 Å². The Morgan fingerprint density at radius 2 is 2.10 bits per heavy atom. The van der Waals surface area contributed by atoms with Gasteiger partial charge in [0.15, 0.2) is 0 Å². The number of nitrogens with two attached hydrogens (primary N) is 1. The summed E-state index contributed by atoms with van der Waals surface area (Å²) in [4.78, 5) is 11.5. The minimum Gasteiger partial charge on any atom is -0.397 e. The highest BCUT2D eigenvalue weighted by Gasteiger charge is 2.40. The molecular weight excluding hydrogens is 316 g/mol. The summed E-state index contributed by atoms with van der Waals surface area (Å²) in [5, 5.41) is 2.76. The normalized spacial score (nSPS) is 11.7. The Morgan fingerprint density at radius 3 is 2.67 bits per heavy atom. The molecule has 0 unspecified atom stereocenters. The number of amides is 1. The fraction of sp³-hybridized carbons (Fsp3) is 0.417. The highest BCUT2D eigenvalue weighted by Crippen LogP contribution is 2.23. The van der Waals surface area contributed by atoms with Crippen LogP contribution in [0.4, 0.5) is 28.9 Å². The zero-order chi connectivity index (χ0) is 16.0. The number of nitrogens with one attached hydrogen (secondary N) is 1. The van der Waals surface area contributed by atoms with Gasteiger partial charge in [-0.1, -0.05) is 11.6 Å². The Morgan fingerprint density at radius 1 is 1.43 bits per heavy atom. The SMILES string of the molecule is Nc1cc(NC(=O)CCOCC(F)(F)C(F)F)ccc1Cl. The molecule has 118 valence electrons. The molecule has 0 fully saturated rings. The Balaban J connectivity index is 2.33. The summed E-state index contributed by atoms with van der Waals surface area (Å²) in [7, 11) is 0. The number of alkyl halides is 4. The van der Waals surface area contributed by atoms with E-state index in [0.717, 1.165) is 0 Å². The van der Waals surface area contributed by atoms with Gasteiger partial charge in [0.2, 0.25) is 5.91 Å². The van der Waals surface area contributed by atoms with Crippen LogP contribution in [-0.4, -0.2) is 31.5 Å². The molecule has 21 heavy (non-hydrogen) atoms. The van der Waals surface area contributed by atoms with Gasteiger partial charge in [-0.3, -0.25) is 4.79 Å². The Labute approximate surface area is 123 Å². The van der Waals surface area contributed by atoms with Crippen LogP contribution < -0.4 is 11.1 Å². The molecule has 1 aromatic rings. The number of nitrogen functional groups attached to an aromatic ring is 1. The van der Waals surface area contributed by atoms with Crippen molar-refractivity contribution < 1.29 is 27.1 Å². The molecular formula is C12H13ClF4N2O2. The summed E-state index contributed by atoms with van der Waals surface area (Å²) in [6, 6.07) is 4.40. The Bertz CT molecular complexity index is 500. The van der Waals surface area contributed by atoms with Crippen LogP contribution in [0.5, 0.6) is 0 Å². The van der Waals surface area contributed by atoms with Gasteiger partial charge < -0.3 is 15.8 Å². The summed E-state index contributed by atoms with van der Waals surface area (Å²) in [6.07, 6.45) is -4.06. The molecule has 0 spiro atoms. The van der Waals surface area contributed by atoms with Crippen molar-refractivity contribution in [2.24, 2.45) is 0 Å². The average molecular weight is 329 g/mol.